The van der Waals surface area contributed by atoms with Crippen LogP contribution in [-0.4, -0.2) is 34.2 Å². The number of benzene rings is 2. The maximum absolute atomic E-state index is 14.3. The van der Waals surface area contributed by atoms with Gasteiger partial charge in [0, 0.05) is 31.3 Å². The molecular formula is C29H29F2N3O3. The van der Waals surface area contributed by atoms with Crippen LogP contribution >= 0.6 is 0 Å². The summed E-state index contributed by atoms with van der Waals surface area (Å²) in [6.45, 7) is 0.964. The first-order chi connectivity index (χ1) is 18.0. The number of aryl methyl sites for hydroxylation is 1. The summed E-state index contributed by atoms with van der Waals surface area (Å²) >= 11 is 0. The van der Waals surface area contributed by atoms with Crippen LogP contribution in [-0.2, 0) is 22.5 Å². The molecule has 0 amide bonds. The van der Waals surface area contributed by atoms with Crippen molar-refractivity contribution < 1.29 is 23.0 Å². The number of halogens is 2. The molecule has 8 heteroatoms. The van der Waals surface area contributed by atoms with E-state index in [1.54, 1.807) is 12.3 Å². The fourth-order valence-corrected chi connectivity index (χ4v) is 4.88. The highest BCUT2D eigenvalue weighted by Crippen LogP contribution is 2.33. The molecular weight excluding hydrogens is 476 g/mol. The number of imidazole rings is 1. The number of esters is 1. The molecule has 0 saturated heterocycles. The standard InChI is InChI=1S/C29H29F2N3O3/c1-36-27(35)13-12-19-8-10-20(11-9-19)17-34-26-16-24(31)23(30)15-25(26)33-28(34)22-7-4-14-32-29(22)37-18-21-5-2-3-6-21/h4,7-11,14-16,21H,2-3,5-6,12-13,17-18H2,1H3. The predicted molar refractivity (Wildman–Crippen MR) is 136 cm³/mol. The van der Waals surface area contributed by atoms with Gasteiger partial charge in [0.1, 0.15) is 5.82 Å². The molecule has 1 aliphatic carbocycles. The molecule has 4 aromatic rings. The van der Waals surface area contributed by atoms with Crippen molar-refractivity contribution in [1.82, 2.24) is 14.5 Å². The molecule has 0 aliphatic heterocycles. The van der Waals surface area contributed by atoms with Gasteiger partial charge >= 0.3 is 5.97 Å². The van der Waals surface area contributed by atoms with Crippen LogP contribution < -0.4 is 4.74 Å². The lowest BCUT2D eigenvalue weighted by Crippen LogP contribution is -2.10. The van der Waals surface area contributed by atoms with Crippen molar-refractivity contribution in [1.29, 1.82) is 0 Å². The molecule has 0 N–H and O–H groups in total. The second kappa shape index (κ2) is 11.1. The van der Waals surface area contributed by atoms with Crippen molar-refractivity contribution in [2.45, 2.75) is 45.1 Å². The van der Waals surface area contributed by atoms with Gasteiger partial charge in [-0.3, -0.25) is 4.79 Å². The van der Waals surface area contributed by atoms with E-state index in [9.17, 15) is 13.6 Å². The maximum Gasteiger partial charge on any atom is 0.305 e. The van der Waals surface area contributed by atoms with Crippen LogP contribution in [0, 0.1) is 17.6 Å². The van der Waals surface area contributed by atoms with Crippen LogP contribution in [0.25, 0.3) is 22.4 Å². The largest absolute Gasteiger partial charge is 0.477 e. The summed E-state index contributed by atoms with van der Waals surface area (Å²) < 4.78 is 41.1. The summed E-state index contributed by atoms with van der Waals surface area (Å²) in [4.78, 5) is 20.6. The van der Waals surface area contributed by atoms with E-state index in [1.165, 1.54) is 26.0 Å². The zero-order valence-corrected chi connectivity index (χ0v) is 20.8. The molecule has 1 fully saturated rings. The van der Waals surface area contributed by atoms with E-state index in [0.29, 0.717) is 60.2 Å². The van der Waals surface area contributed by atoms with E-state index in [2.05, 4.69) is 9.97 Å². The second-order valence-electron chi connectivity index (χ2n) is 9.49. The number of fused-ring (bicyclic) bond motifs is 1. The highest BCUT2D eigenvalue weighted by molar-refractivity contribution is 5.82. The number of nitrogens with zero attached hydrogens (tertiary/aromatic N) is 3. The lowest BCUT2D eigenvalue weighted by Gasteiger charge is -2.15. The summed E-state index contributed by atoms with van der Waals surface area (Å²) in [5.74, 6) is -0.621. The van der Waals surface area contributed by atoms with E-state index in [4.69, 9.17) is 9.47 Å². The van der Waals surface area contributed by atoms with Crippen LogP contribution in [0.2, 0.25) is 0 Å². The third-order valence-corrected chi connectivity index (χ3v) is 6.94. The van der Waals surface area contributed by atoms with Gasteiger partial charge in [0.25, 0.3) is 0 Å². The average molecular weight is 506 g/mol. The Morgan fingerprint density at radius 3 is 2.54 bits per heavy atom. The number of carbonyl (C=O) groups is 1. The van der Waals surface area contributed by atoms with Gasteiger partial charge in [-0.2, -0.15) is 0 Å². The van der Waals surface area contributed by atoms with Crippen molar-refractivity contribution >= 4 is 17.0 Å². The third-order valence-electron chi connectivity index (χ3n) is 6.94. The molecule has 0 bridgehead atoms. The van der Waals surface area contributed by atoms with E-state index in [1.807, 2.05) is 34.9 Å². The van der Waals surface area contributed by atoms with Gasteiger partial charge in [0.05, 0.1) is 30.3 Å². The predicted octanol–water partition coefficient (Wildman–Crippen LogP) is 6.10. The minimum Gasteiger partial charge on any atom is -0.477 e. The average Bonchev–Trinajstić information content (AvgIpc) is 3.56. The number of ether oxygens (including phenoxy) is 2. The first-order valence-electron chi connectivity index (χ1n) is 12.6. The van der Waals surface area contributed by atoms with Gasteiger partial charge in [-0.25, -0.2) is 18.7 Å². The third kappa shape index (κ3) is 5.63. The Labute approximate surface area is 214 Å². The molecule has 2 aromatic heterocycles. The number of methoxy groups -OCH3 is 1. The first kappa shape index (κ1) is 24.9. The highest BCUT2D eigenvalue weighted by atomic mass is 19.2. The number of pyridine rings is 1. The minimum atomic E-state index is -0.942. The van der Waals surface area contributed by atoms with Crippen molar-refractivity contribution in [3.05, 3.63) is 77.5 Å². The van der Waals surface area contributed by atoms with Gasteiger partial charge in [0.2, 0.25) is 5.88 Å². The molecule has 0 radical (unpaired) electrons. The van der Waals surface area contributed by atoms with Crippen LogP contribution in [0.3, 0.4) is 0 Å². The number of hydrogen-bond donors (Lipinski definition) is 0. The molecule has 0 spiro atoms. The van der Waals surface area contributed by atoms with Crippen molar-refractivity contribution in [2.75, 3.05) is 13.7 Å². The fraction of sp³-hybridized carbons (Fsp3) is 0.345. The molecule has 0 atom stereocenters. The molecule has 37 heavy (non-hydrogen) atoms. The Morgan fingerprint density at radius 2 is 1.78 bits per heavy atom. The van der Waals surface area contributed by atoms with Crippen molar-refractivity contribution in [3.63, 3.8) is 0 Å². The first-order valence-corrected chi connectivity index (χ1v) is 12.6. The highest BCUT2D eigenvalue weighted by Gasteiger charge is 2.21. The SMILES string of the molecule is COC(=O)CCc1ccc(Cn2c(-c3cccnc3OCC3CCCC3)nc3cc(F)c(F)cc32)cc1. The topological polar surface area (TPSA) is 66.2 Å². The maximum atomic E-state index is 14.3. The normalized spacial score (nSPS) is 13.8. The lowest BCUT2D eigenvalue weighted by molar-refractivity contribution is -0.140. The summed E-state index contributed by atoms with van der Waals surface area (Å²) in [6.07, 6.45) is 7.29. The molecule has 192 valence electrons. The van der Waals surface area contributed by atoms with Gasteiger partial charge in [-0.05, 0) is 48.4 Å². The van der Waals surface area contributed by atoms with Gasteiger partial charge in [-0.1, -0.05) is 37.1 Å². The summed E-state index contributed by atoms with van der Waals surface area (Å²) in [5.41, 5.74) is 3.47. The Balaban J connectivity index is 1.48. The smallest absolute Gasteiger partial charge is 0.305 e. The number of carbonyl (C=O) groups excluding carboxylic acids is 1. The van der Waals surface area contributed by atoms with E-state index < -0.39 is 11.6 Å². The fourth-order valence-electron chi connectivity index (χ4n) is 4.88. The molecule has 5 rings (SSSR count). The van der Waals surface area contributed by atoms with E-state index in [0.717, 1.165) is 30.0 Å². The van der Waals surface area contributed by atoms with Crippen LogP contribution in [0.4, 0.5) is 8.78 Å². The zero-order chi connectivity index (χ0) is 25.8. The Kier molecular flexibility index (Phi) is 7.44. The zero-order valence-electron chi connectivity index (χ0n) is 20.8. The number of hydrogen-bond acceptors (Lipinski definition) is 5. The Bertz CT molecular complexity index is 1400. The van der Waals surface area contributed by atoms with Gasteiger partial charge in [-0.15, -0.1) is 0 Å². The molecule has 0 unspecified atom stereocenters. The van der Waals surface area contributed by atoms with E-state index >= 15 is 0 Å². The summed E-state index contributed by atoms with van der Waals surface area (Å²) in [7, 11) is 1.38. The number of aromatic nitrogens is 3. The van der Waals surface area contributed by atoms with Gasteiger partial charge in [0.15, 0.2) is 11.6 Å². The van der Waals surface area contributed by atoms with Crippen molar-refractivity contribution in [3.8, 4) is 17.3 Å². The van der Waals surface area contributed by atoms with Crippen LogP contribution in [0.5, 0.6) is 5.88 Å². The van der Waals surface area contributed by atoms with Gasteiger partial charge < -0.3 is 14.0 Å². The molecule has 2 heterocycles. The summed E-state index contributed by atoms with van der Waals surface area (Å²) in [5, 5.41) is 0. The Morgan fingerprint density at radius 1 is 1.05 bits per heavy atom. The quantitative estimate of drug-likeness (QED) is 0.257. The minimum absolute atomic E-state index is 0.254. The van der Waals surface area contributed by atoms with Crippen molar-refractivity contribution in [2.24, 2.45) is 5.92 Å². The second-order valence-corrected chi connectivity index (χ2v) is 9.49. The monoisotopic (exact) mass is 505 g/mol. The van der Waals surface area contributed by atoms with Crippen LogP contribution in [0.15, 0.2) is 54.7 Å². The van der Waals surface area contributed by atoms with Crippen LogP contribution in [0.1, 0.15) is 43.2 Å². The molecule has 2 aromatic carbocycles. The lowest BCUT2D eigenvalue weighted by atomic mass is 10.1. The van der Waals surface area contributed by atoms with E-state index in [-0.39, 0.29) is 5.97 Å². The molecule has 6 nitrogen and oxygen atoms in total. The number of rotatable bonds is 9. The molecule has 1 aliphatic rings. The Hall–Kier alpha value is -3.81. The molecule has 1 saturated carbocycles. The summed E-state index contributed by atoms with van der Waals surface area (Å²) in [6, 6.07) is 13.8.